The van der Waals surface area contributed by atoms with E-state index < -0.39 is 0 Å². The number of imidazole rings is 1. The lowest BCUT2D eigenvalue weighted by atomic mass is 10.1. The van der Waals surface area contributed by atoms with E-state index in [4.69, 9.17) is 0 Å². The Morgan fingerprint density at radius 3 is 2.87 bits per heavy atom. The van der Waals surface area contributed by atoms with Gasteiger partial charge in [-0.15, -0.1) is 0 Å². The van der Waals surface area contributed by atoms with E-state index in [-0.39, 0.29) is 0 Å². The zero-order chi connectivity index (χ0) is 11.1. The quantitative estimate of drug-likeness (QED) is 0.610. The first-order valence-corrected chi connectivity index (χ1v) is 6.61. The smallest absolute Gasteiger partial charge is 0.0945 e. The van der Waals surface area contributed by atoms with Gasteiger partial charge in [0.15, 0.2) is 0 Å². The molecule has 0 aromatic carbocycles. The Morgan fingerprint density at radius 1 is 1.47 bits per heavy atom. The molecule has 0 aliphatic heterocycles. The first-order valence-electron chi connectivity index (χ1n) is 5.49. The van der Waals surface area contributed by atoms with Gasteiger partial charge in [0.1, 0.15) is 0 Å². The Balaban J connectivity index is 2.06. The number of hydrogen-bond acceptors (Lipinski definition) is 2. The van der Waals surface area contributed by atoms with Gasteiger partial charge in [0, 0.05) is 30.3 Å². The molecular formula is C11H20BrN3. The molecule has 86 valence electrons. The standard InChI is InChI=1S/C11H20BrN3/c1-10(8-12)11(2)14-4-3-6-15-7-5-13-9-15/h5,7,9-11,14H,3-4,6,8H2,1-2H3. The van der Waals surface area contributed by atoms with Crippen LogP contribution in [0.15, 0.2) is 18.7 Å². The highest BCUT2D eigenvalue weighted by Gasteiger charge is 2.08. The van der Waals surface area contributed by atoms with E-state index in [9.17, 15) is 0 Å². The van der Waals surface area contributed by atoms with Gasteiger partial charge < -0.3 is 9.88 Å². The Bertz CT molecular complexity index is 248. The van der Waals surface area contributed by atoms with Gasteiger partial charge in [0.2, 0.25) is 0 Å². The summed E-state index contributed by atoms with van der Waals surface area (Å²) in [5, 5.41) is 4.59. The lowest BCUT2D eigenvalue weighted by Gasteiger charge is -2.19. The van der Waals surface area contributed by atoms with Crippen molar-refractivity contribution in [3.05, 3.63) is 18.7 Å². The fraction of sp³-hybridized carbons (Fsp3) is 0.727. The van der Waals surface area contributed by atoms with Crippen molar-refractivity contribution in [1.82, 2.24) is 14.9 Å². The molecule has 3 nitrogen and oxygen atoms in total. The molecule has 0 saturated carbocycles. The molecule has 0 aliphatic rings. The molecular weight excluding hydrogens is 254 g/mol. The fourth-order valence-electron chi connectivity index (χ4n) is 1.35. The minimum absolute atomic E-state index is 0.576. The molecule has 15 heavy (non-hydrogen) atoms. The largest absolute Gasteiger partial charge is 0.337 e. The van der Waals surface area contributed by atoms with E-state index >= 15 is 0 Å². The van der Waals surface area contributed by atoms with Crippen LogP contribution in [-0.2, 0) is 6.54 Å². The number of aryl methyl sites for hydroxylation is 1. The van der Waals surface area contributed by atoms with Crippen molar-refractivity contribution in [3.8, 4) is 0 Å². The number of alkyl halides is 1. The van der Waals surface area contributed by atoms with Gasteiger partial charge in [-0.1, -0.05) is 22.9 Å². The molecule has 0 aliphatic carbocycles. The highest BCUT2D eigenvalue weighted by atomic mass is 79.9. The lowest BCUT2D eigenvalue weighted by molar-refractivity contribution is 0.424. The normalized spacial score (nSPS) is 15.1. The summed E-state index contributed by atoms with van der Waals surface area (Å²) >= 11 is 3.50. The van der Waals surface area contributed by atoms with E-state index in [0.717, 1.165) is 24.8 Å². The fourth-order valence-corrected chi connectivity index (χ4v) is 1.91. The Morgan fingerprint density at radius 2 is 2.27 bits per heavy atom. The molecule has 0 saturated heterocycles. The molecule has 0 fully saturated rings. The minimum Gasteiger partial charge on any atom is -0.337 e. The van der Waals surface area contributed by atoms with Gasteiger partial charge in [0.05, 0.1) is 6.33 Å². The summed E-state index contributed by atoms with van der Waals surface area (Å²) in [5.74, 6) is 0.679. The summed E-state index contributed by atoms with van der Waals surface area (Å²) in [7, 11) is 0. The zero-order valence-electron chi connectivity index (χ0n) is 9.49. The van der Waals surface area contributed by atoms with Gasteiger partial charge in [0.25, 0.3) is 0 Å². The van der Waals surface area contributed by atoms with Gasteiger partial charge in [-0.2, -0.15) is 0 Å². The van der Waals surface area contributed by atoms with Crippen LogP contribution in [0.2, 0.25) is 0 Å². The molecule has 1 aromatic heterocycles. The summed E-state index contributed by atoms with van der Waals surface area (Å²) in [6, 6.07) is 0.576. The maximum Gasteiger partial charge on any atom is 0.0945 e. The van der Waals surface area contributed by atoms with Crippen molar-refractivity contribution in [2.24, 2.45) is 5.92 Å². The maximum atomic E-state index is 4.01. The third-order valence-corrected chi connectivity index (χ3v) is 3.74. The average Bonchev–Trinajstić information content (AvgIpc) is 2.75. The highest BCUT2D eigenvalue weighted by Crippen LogP contribution is 2.05. The lowest BCUT2D eigenvalue weighted by Crippen LogP contribution is -2.33. The van der Waals surface area contributed by atoms with Crippen molar-refractivity contribution in [2.75, 3.05) is 11.9 Å². The van der Waals surface area contributed by atoms with Crippen LogP contribution in [0.5, 0.6) is 0 Å². The molecule has 1 N–H and O–H groups in total. The van der Waals surface area contributed by atoms with Crippen LogP contribution < -0.4 is 5.32 Å². The van der Waals surface area contributed by atoms with Gasteiger partial charge in [-0.25, -0.2) is 4.98 Å². The molecule has 2 unspecified atom stereocenters. The van der Waals surface area contributed by atoms with Crippen molar-refractivity contribution < 1.29 is 0 Å². The van der Waals surface area contributed by atoms with Crippen molar-refractivity contribution in [1.29, 1.82) is 0 Å². The van der Waals surface area contributed by atoms with E-state index in [1.807, 2.05) is 18.7 Å². The van der Waals surface area contributed by atoms with Gasteiger partial charge in [-0.05, 0) is 25.8 Å². The maximum absolute atomic E-state index is 4.01. The summed E-state index contributed by atoms with van der Waals surface area (Å²) in [5.41, 5.74) is 0. The van der Waals surface area contributed by atoms with Gasteiger partial charge >= 0.3 is 0 Å². The zero-order valence-corrected chi connectivity index (χ0v) is 11.1. The van der Waals surface area contributed by atoms with Crippen molar-refractivity contribution in [2.45, 2.75) is 32.9 Å². The molecule has 2 atom stereocenters. The van der Waals surface area contributed by atoms with E-state index in [1.165, 1.54) is 0 Å². The van der Waals surface area contributed by atoms with Crippen LogP contribution in [0.4, 0.5) is 0 Å². The number of nitrogens with zero attached hydrogens (tertiary/aromatic N) is 2. The molecule has 4 heteroatoms. The number of hydrogen-bond donors (Lipinski definition) is 1. The van der Waals surface area contributed by atoms with E-state index in [0.29, 0.717) is 12.0 Å². The van der Waals surface area contributed by atoms with E-state index in [1.54, 1.807) is 0 Å². The summed E-state index contributed by atoms with van der Waals surface area (Å²) in [6.07, 6.45) is 6.84. The Labute approximate surface area is 100 Å². The molecule has 0 amide bonds. The van der Waals surface area contributed by atoms with Crippen molar-refractivity contribution in [3.63, 3.8) is 0 Å². The second-order valence-electron chi connectivity index (χ2n) is 4.03. The highest BCUT2D eigenvalue weighted by molar-refractivity contribution is 9.09. The van der Waals surface area contributed by atoms with Crippen LogP contribution in [0.1, 0.15) is 20.3 Å². The van der Waals surface area contributed by atoms with Gasteiger partial charge in [-0.3, -0.25) is 0 Å². The summed E-state index contributed by atoms with van der Waals surface area (Å²) in [6.45, 7) is 6.60. The third kappa shape index (κ3) is 4.80. The minimum atomic E-state index is 0.576. The topological polar surface area (TPSA) is 29.9 Å². The first kappa shape index (κ1) is 12.7. The summed E-state index contributed by atoms with van der Waals surface area (Å²) < 4.78 is 2.11. The molecule has 1 aromatic rings. The first-order chi connectivity index (χ1) is 7.24. The van der Waals surface area contributed by atoms with Crippen LogP contribution in [0.25, 0.3) is 0 Å². The van der Waals surface area contributed by atoms with Crippen LogP contribution in [-0.4, -0.2) is 27.5 Å². The Hall–Kier alpha value is -0.350. The molecule has 0 spiro atoms. The third-order valence-electron chi connectivity index (χ3n) is 2.72. The second-order valence-corrected chi connectivity index (χ2v) is 4.68. The number of aromatic nitrogens is 2. The average molecular weight is 274 g/mol. The van der Waals surface area contributed by atoms with Crippen LogP contribution in [0, 0.1) is 5.92 Å². The SMILES string of the molecule is CC(CBr)C(C)NCCCn1ccnc1. The number of nitrogens with one attached hydrogen (secondary N) is 1. The second kappa shape index (κ2) is 7.01. The monoisotopic (exact) mass is 273 g/mol. The van der Waals surface area contributed by atoms with Crippen LogP contribution in [0.3, 0.4) is 0 Å². The summed E-state index contributed by atoms with van der Waals surface area (Å²) in [4.78, 5) is 4.01. The number of rotatable bonds is 7. The molecule has 0 bridgehead atoms. The molecule has 1 rings (SSSR count). The van der Waals surface area contributed by atoms with E-state index in [2.05, 4.69) is 44.6 Å². The predicted molar refractivity (Wildman–Crippen MR) is 67.3 cm³/mol. The Kier molecular flexibility index (Phi) is 5.95. The molecule has 0 radical (unpaired) electrons. The van der Waals surface area contributed by atoms with Crippen LogP contribution >= 0.6 is 15.9 Å². The molecule has 1 heterocycles. The number of halogens is 1. The van der Waals surface area contributed by atoms with Crippen molar-refractivity contribution >= 4 is 15.9 Å². The predicted octanol–water partition coefficient (Wildman–Crippen LogP) is 2.28.